The molecule has 0 saturated carbocycles. The van der Waals surface area contributed by atoms with Crippen LogP contribution >= 0.6 is 0 Å². The van der Waals surface area contributed by atoms with Gasteiger partial charge in [-0.05, 0) is 19.0 Å². The predicted molar refractivity (Wildman–Crippen MR) is 58.9 cm³/mol. The van der Waals surface area contributed by atoms with E-state index in [0.29, 0.717) is 24.2 Å². The van der Waals surface area contributed by atoms with Crippen molar-refractivity contribution in [2.24, 2.45) is 11.6 Å². The summed E-state index contributed by atoms with van der Waals surface area (Å²) in [4.78, 5) is 0. The van der Waals surface area contributed by atoms with Gasteiger partial charge in [-0.3, -0.25) is 5.84 Å². The van der Waals surface area contributed by atoms with Gasteiger partial charge in [0.2, 0.25) is 0 Å². The second-order valence-electron chi connectivity index (χ2n) is 3.32. The van der Waals surface area contributed by atoms with Gasteiger partial charge in [0.1, 0.15) is 6.10 Å². The number of nitrogens with two attached hydrogens (primary N) is 2. The number of hydrogen-bond acceptors (Lipinski definition) is 5. The van der Waals surface area contributed by atoms with Crippen molar-refractivity contribution < 1.29 is 10.2 Å². The van der Waals surface area contributed by atoms with Gasteiger partial charge in [0.15, 0.2) is 0 Å². The minimum Gasteiger partial charge on any atom is -0.390 e. The Hall–Kier alpha value is -1.14. The van der Waals surface area contributed by atoms with Crippen molar-refractivity contribution in [1.29, 1.82) is 0 Å². The molecule has 5 nitrogen and oxygen atoms in total. The number of rotatable bonds is 5. The molecule has 7 N–H and O–H groups in total. The molecule has 0 aliphatic heterocycles. The summed E-state index contributed by atoms with van der Waals surface area (Å²) in [5.74, 6) is 5.30. The molecule has 1 aromatic carbocycles. The zero-order valence-corrected chi connectivity index (χ0v) is 8.43. The highest BCUT2D eigenvalue weighted by molar-refractivity contribution is 5.51. The summed E-state index contributed by atoms with van der Waals surface area (Å²) in [5, 5.41) is 19.4. The van der Waals surface area contributed by atoms with Crippen LogP contribution in [-0.4, -0.2) is 22.9 Å². The maximum Gasteiger partial charge on any atom is 0.107 e. The van der Waals surface area contributed by atoms with Crippen LogP contribution in [0.2, 0.25) is 0 Å². The van der Waals surface area contributed by atoms with Crippen molar-refractivity contribution in [2.75, 3.05) is 12.0 Å². The highest BCUT2D eigenvalue weighted by Gasteiger charge is 2.19. The van der Waals surface area contributed by atoms with Crippen molar-refractivity contribution in [2.45, 2.75) is 18.6 Å². The van der Waals surface area contributed by atoms with E-state index in [9.17, 15) is 10.2 Å². The largest absolute Gasteiger partial charge is 0.390 e. The summed E-state index contributed by atoms with van der Waals surface area (Å²) < 4.78 is 0. The number of hydrogen-bond donors (Lipinski definition) is 5. The Morgan fingerprint density at radius 2 is 1.93 bits per heavy atom. The van der Waals surface area contributed by atoms with Gasteiger partial charge in [0.25, 0.3) is 0 Å². The number of aliphatic hydroxyl groups excluding tert-OH is 2. The summed E-state index contributed by atoms with van der Waals surface area (Å²) >= 11 is 0. The number of nitrogens with one attached hydrogen (secondary N) is 1. The summed E-state index contributed by atoms with van der Waals surface area (Å²) in [6.45, 7) is 0.330. The van der Waals surface area contributed by atoms with Gasteiger partial charge in [0.05, 0.1) is 11.8 Å². The summed E-state index contributed by atoms with van der Waals surface area (Å²) in [5.41, 5.74) is 8.94. The Labute approximate surface area is 88.7 Å². The number of para-hydroxylation sites is 1. The van der Waals surface area contributed by atoms with Crippen LogP contribution in [0.4, 0.5) is 5.69 Å². The molecule has 84 valence electrons. The lowest BCUT2D eigenvalue weighted by molar-refractivity contribution is 0.0154. The van der Waals surface area contributed by atoms with E-state index in [4.69, 9.17) is 11.6 Å². The molecule has 2 unspecified atom stereocenters. The number of hydrazine groups is 1. The van der Waals surface area contributed by atoms with Gasteiger partial charge in [-0.15, -0.1) is 0 Å². The molecule has 2 atom stereocenters. The standard InChI is InChI=1S/C10H17N3O2/c11-6-5-9(14)10(15)7-3-1-2-4-8(7)13-12/h1-4,9-10,13-15H,5-6,11-12H2. The van der Waals surface area contributed by atoms with Crippen molar-refractivity contribution in [1.82, 2.24) is 0 Å². The quantitative estimate of drug-likeness (QED) is 0.340. The Morgan fingerprint density at radius 1 is 1.27 bits per heavy atom. The first-order chi connectivity index (χ1) is 7.20. The average Bonchev–Trinajstić information content (AvgIpc) is 2.28. The smallest absolute Gasteiger partial charge is 0.107 e. The predicted octanol–water partition coefficient (Wildman–Crippen LogP) is -0.285. The van der Waals surface area contributed by atoms with E-state index in [1.165, 1.54) is 0 Å². The Kier molecular flexibility index (Phi) is 4.51. The number of nitrogen functional groups attached to an aromatic ring is 1. The van der Waals surface area contributed by atoms with Gasteiger partial charge in [-0.25, -0.2) is 0 Å². The van der Waals surface area contributed by atoms with Crippen LogP contribution in [0.5, 0.6) is 0 Å². The first-order valence-electron chi connectivity index (χ1n) is 4.82. The summed E-state index contributed by atoms with van der Waals surface area (Å²) in [6.07, 6.45) is -1.50. The highest BCUT2D eigenvalue weighted by atomic mass is 16.3. The van der Waals surface area contributed by atoms with E-state index >= 15 is 0 Å². The maximum absolute atomic E-state index is 9.83. The fraction of sp³-hybridized carbons (Fsp3) is 0.400. The third kappa shape index (κ3) is 2.90. The second kappa shape index (κ2) is 5.67. The minimum absolute atomic E-state index is 0.330. The third-order valence-electron chi connectivity index (χ3n) is 2.26. The fourth-order valence-electron chi connectivity index (χ4n) is 1.42. The minimum atomic E-state index is -0.971. The van der Waals surface area contributed by atoms with Crippen LogP contribution in [0.3, 0.4) is 0 Å². The zero-order valence-electron chi connectivity index (χ0n) is 8.43. The van der Waals surface area contributed by atoms with E-state index in [-0.39, 0.29) is 0 Å². The van der Waals surface area contributed by atoms with E-state index < -0.39 is 12.2 Å². The van der Waals surface area contributed by atoms with Gasteiger partial charge >= 0.3 is 0 Å². The first-order valence-corrected chi connectivity index (χ1v) is 4.82. The van der Waals surface area contributed by atoms with Crippen LogP contribution in [0.25, 0.3) is 0 Å². The van der Waals surface area contributed by atoms with E-state index in [1.807, 2.05) is 0 Å². The molecule has 0 spiro atoms. The fourth-order valence-corrected chi connectivity index (χ4v) is 1.42. The molecule has 0 radical (unpaired) electrons. The van der Waals surface area contributed by atoms with Gasteiger partial charge < -0.3 is 21.4 Å². The molecular formula is C10H17N3O2. The highest BCUT2D eigenvalue weighted by Crippen LogP contribution is 2.25. The van der Waals surface area contributed by atoms with Crippen molar-refractivity contribution in [3.63, 3.8) is 0 Å². The molecule has 0 bridgehead atoms. The molecule has 1 aromatic rings. The van der Waals surface area contributed by atoms with Gasteiger partial charge in [0, 0.05) is 5.56 Å². The Bertz CT molecular complexity index is 306. The van der Waals surface area contributed by atoms with Crippen LogP contribution in [0.1, 0.15) is 18.1 Å². The summed E-state index contributed by atoms with van der Waals surface area (Å²) in [6, 6.07) is 7.00. The molecule has 0 aromatic heterocycles. The van der Waals surface area contributed by atoms with Crippen LogP contribution in [0.15, 0.2) is 24.3 Å². The Balaban J connectivity index is 2.84. The monoisotopic (exact) mass is 211 g/mol. The first kappa shape index (κ1) is 11.9. The molecular weight excluding hydrogens is 194 g/mol. The van der Waals surface area contributed by atoms with Crippen LogP contribution in [0, 0.1) is 0 Å². The molecule has 0 heterocycles. The normalized spacial score (nSPS) is 14.7. The summed E-state index contributed by atoms with van der Waals surface area (Å²) in [7, 11) is 0. The molecule has 0 aliphatic rings. The lowest BCUT2D eigenvalue weighted by atomic mass is 10.0. The van der Waals surface area contributed by atoms with Crippen molar-refractivity contribution >= 4 is 5.69 Å². The molecule has 0 saturated heterocycles. The van der Waals surface area contributed by atoms with Gasteiger partial charge in [-0.2, -0.15) is 0 Å². The number of benzene rings is 1. The molecule has 0 amide bonds. The van der Waals surface area contributed by atoms with Gasteiger partial charge in [-0.1, -0.05) is 18.2 Å². The molecule has 1 rings (SSSR count). The lowest BCUT2D eigenvalue weighted by Gasteiger charge is -2.19. The third-order valence-corrected chi connectivity index (χ3v) is 2.26. The lowest BCUT2D eigenvalue weighted by Crippen LogP contribution is -2.23. The van der Waals surface area contributed by atoms with Crippen molar-refractivity contribution in [3.05, 3.63) is 29.8 Å². The average molecular weight is 211 g/mol. The topological polar surface area (TPSA) is 105 Å². The Morgan fingerprint density at radius 3 is 2.53 bits per heavy atom. The molecule has 5 heteroatoms. The van der Waals surface area contributed by atoms with E-state index in [0.717, 1.165) is 0 Å². The second-order valence-corrected chi connectivity index (χ2v) is 3.32. The van der Waals surface area contributed by atoms with Crippen molar-refractivity contribution in [3.8, 4) is 0 Å². The SMILES string of the molecule is NCCC(O)C(O)c1ccccc1NN. The molecule has 0 aliphatic carbocycles. The molecule has 0 fully saturated rings. The van der Waals surface area contributed by atoms with E-state index in [2.05, 4.69) is 5.43 Å². The number of aliphatic hydroxyl groups is 2. The maximum atomic E-state index is 9.83. The number of anilines is 1. The van der Waals surface area contributed by atoms with Crippen LogP contribution in [-0.2, 0) is 0 Å². The molecule has 15 heavy (non-hydrogen) atoms. The van der Waals surface area contributed by atoms with E-state index in [1.54, 1.807) is 24.3 Å². The zero-order chi connectivity index (χ0) is 11.3. The van der Waals surface area contributed by atoms with Crippen LogP contribution < -0.4 is 17.0 Å².